The van der Waals surface area contributed by atoms with Crippen LogP contribution in [0.3, 0.4) is 0 Å². The fourth-order valence-electron chi connectivity index (χ4n) is 0.721. The Morgan fingerprint density at radius 2 is 2.75 bits per heavy atom. The highest BCUT2D eigenvalue weighted by atomic mass is 31.1. The van der Waals surface area contributed by atoms with Gasteiger partial charge in [0, 0.05) is 17.5 Å². The van der Waals surface area contributed by atoms with Gasteiger partial charge in [0.15, 0.2) is 5.76 Å². The van der Waals surface area contributed by atoms with Gasteiger partial charge in [0.1, 0.15) is 0 Å². The molecular weight excluding hydrogens is 121 g/mol. The van der Waals surface area contributed by atoms with E-state index in [1.165, 1.54) is 13.8 Å². The first-order chi connectivity index (χ1) is 3.97. The molecule has 1 aliphatic rings. The van der Waals surface area contributed by atoms with Gasteiger partial charge in [-0.15, -0.1) is 0 Å². The van der Waals surface area contributed by atoms with Crippen molar-refractivity contribution in [3.8, 4) is 0 Å². The summed E-state index contributed by atoms with van der Waals surface area (Å²) in [5.41, 5.74) is 1.24. The first-order valence-corrected chi connectivity index (χ1v) is 3.55. The van der Waals surface area contributed by atoms with E-state index < -0.39 is 0 Å². The number of hydrogen-bond acceptors (Lipinski definition) is 2. The van der Waals surface area contributed by atoms with Crippen LogP contribution in [-0.4, -0.2) is 11.0 Å². The average molecular weight is 125 g/mol. The second-order valence-corrected chi connectivity index (χ2v) is 2.62. The minimum absolute atomic E-state index is 0.965. The number of hydrogen-bond donors (Lipinski definition) is 0. The summed E-state index contributed by atoms with van der Waals surface area (Å²) in [5.74, 6) is 3.01. The summed E-state index contributed by atoms with van der Waals surface area (Å²) in [7, 11) is 1.33. The molecule has 0 bridgehead atoms. The molecule has 0 N–H and O–H groups in total. The number of aromatic nitrogens is 1. The third kappa shape index (κ3) is 0.436. The monoisotopic (exact) mass is 125 g/mol. The van der Waals surface area contributed by atoms with E-state index in [0.29, 0.717) is 0 Å². The van der Waals surface area contributed by atoms with Crippen molar-refractivity contribution >= 4 is 14.0 Å². The van der Waals surface area contributed by atoms with E-state index in [1.54, 1.807) is 6.20 Å². The lowest BCUT2D eigenvalue weighted by Crippen LogP contribution is -1.70. The SMILES string of the molecule is C1=PCc2cnoc21. The number of nitrogens with zero attached hydrogens (tertiary/aromatic N) is 1. The summed E-state index contributed by atoms with van der Waals surface area (Å²) in [6.07, 6.45) is 2.87. The fraction of sp³-hybridized carbons (Fsp3) is 0.200. The minimum atomic E-state index is 0.965. The van der Waals surface area contributed by atoms with E-state index in [4.69, 9.17) is 4.52 Å². The second-order valence-electron chi connectivity index (χ2n) is 1.69. The third-order valence-electron chi connectivity index (χ3n) is 1.15. The van der Waals surface area contributed by atoms with E-state index in [1.807, 2.05) is 5.80 Å². The molecule has 40 valence electrons. The van der Waals surface area contributed by atoms with Gasteiger partial charge in [-0.1, -0.05) is 13.4 Å². The second kappa shape index (κ2) is 1.43. The highest BCUT2D eigenvalue weighted by molar-refractivity contribution is 7.38. The zero-order valence-electron chi connectivity index (χ0n) is 4.16. The summed E-state index contributed by atoms with van der Waals surface area (Å²) in [6, 6.07) is 0. The van der Waals surface area contributed by atoms with Crippen molar-refractivity contribution in [2.75, 3.05) is 0 Å². The van der Waals surface area contributed by atoms with E-state index >= 15 is 0 Å². The third-order valence-corrected chi connectivity index (χ3v) is 2.09. The maximum atomic E-state index is 4.86. The molecule has 0 fully saturated rings. The van der Waals surface area contributed by atoms with Gasteiger partial charge in [-0.3, -0.25) is 0 Å². The van der Waals surface area contributed by atoms with Gasteiger partial charge in [0.05, 0.1) is 6.20 Å². The van der Waals surface area contributed by atoms with Gasteiger partial charge in [0.2, 0.25) is 0 Å². The number of fused-ring (bicyclic) bond motifs is 1. The maximum absolute atomic E-state index is 4.86. The number of rotatable bonds is 0. The molecule has 8 heavy (non-hydrogen) atoms. The Bertz CT molecular complexity index is 228. The van der Waals surface area contributed by atoms with Gasteiger partial charge >= 0.3 is 0 Å². The Morgan fingerprint density at radius 1 is 1.75 bits per heavy atom. The van der Waals surface area contributed by atoms with Gasteiger partial charge < -0.3 is 4.52 Å². The lowest BCUT2D eigenvalue weighted by molar-refractivity contribution is 0.415. The predicted molar refractivity (Wildman–Crippen MR) is 32.3 cm³/mol. The lowest BCUT2D eigenvalue weighted by Gasteiger charge is -1.74. The van der Waals surface area contributed by atoms with Gasteiger partial charge in [-0.05, 0) is 0 Å². The first kappa shape index (κ1) is 4.28. The van der Waals surface area contributed by atoms with Crippen LogP contribution in [0.2, 0.25) is 0 Å². The quantitative estimate of drug-likeness (QED) is 0.488. The Kier molecular flexibility index (Phi) is 0.762. The molecule has 0 radical (unpaired) electrons. The van der Waals surface area contributed by atoms with Crippen LogP contribution in [0.5, 0.6) is 0 Å². The molecule has 1 aliphatic heterocycles. The van der Waals surface area contributed by atoms with E-state index in [2.05, 4.69) is 5.16 Å². The fourth-order valence-corrected chi connectivity index (χ4v) is 1.63. The van der Waals surface area contributed by atoms with E-state index in [0.717, 1.165) is 11.9 Å². The normalized spacial score (nSPS) is 16.5. The minimum Gasteiger partial charge on any atom is -0.356 e. The molecule has 0 aromatic carbocycles. The smallest absolute Gasteiger partial charge is 0.167 e. The zero-order chi connectivity index (χ0) is 5.40. The van der Waals surface area contributed by atoms with Crippen LogP contribution in [0.15, 0.2) is 10.7 Å². The van der Waals surface area contributed by atoms with Crippen molar-refractivity contribution < 1.29 is 4.52 Å². The summed E-state index contributed by atoms with van der Waals surface area (Å²) < 4.78 is 4.86. The van der Waals surface area contributed by atoms with Crippen molar-refractivity contribution in [2.45, 2.75) is 6.16 Å². The molecule has 0 saturated carbocycles. The van der Waals surface area contributed by atoms with Crippen LogP contribution in [0.4, 0.5) is 0 Å². The van der Waals surface area contributed by atoms with Crippen molar-refractivity contribution in [2.24, 2.45) is 0 Å². The van der Waals surface area contributed by atoms with Crippen molar-refractivity contribution in [1.29, 1.82) is 0 Å². The molecule has 0 atom stereocenters. The molecule has 1 aromatic rings. The largest absolute Gasteiger partial charge is 0.356 e. The zero-order valence-corrected chi connectivity index (χ0v) is 5.06. The Morgan fingerprint density at radius 3 is 3.62 bits per heavy atom. The van der Waals surface area contributed by atoms with Crippen molar-refractivity contribution in [3.63, 3.8) is 0 Å². The molecular formula is C5H4NOP. The molecule has 0 saturated heterocycles. The Balaban J connectivity index is 2.67. The van der Waals surface area contributed by atoms with Crippen molar-refractivity contribution in [1.82, 2.24) is 5.16 Å². The molecule has 0 unspecified atom stereocenters. The topological polar surface area (TPSA) is 26.0 Å². The van der Waals surface area contributed by atoms with Crippen LogP contribution >= 0.6 is 8.20 Å². The molecule has 1 aromatic heterocycles. The summed E-state index contributed by atoms with van der Waals surface area (Å²) in [6.45, 7) is 0. The summed E-state index contributed by atoms with van der Waals surface area (Å²) in [5, 5.41) is 3.63. The van der Waals surface area contributed by atoms with E-state index in [9.17, 15) is 0 Å². The molecule has 3 heteroatoms. The molecule has 2 heterocycles. The predicted octanol–water partition coefficient (Wildman–Crippen LogP) is 1.28. The van der Waals surface area contributed by atoms with Crippen LogP contribution in [-0.2, 0) is 6.16 Å². The van der Waals surface area contributed by atoms with Gasteiger partial charge in [-0.25, -0.2) is 0 Å². The van der Waals surface area contributed by atoms with Crippen LogP contribution in [0.25, 0.3) is 0 Å². The van der Waals surface area contributed by atoms with Crippen LogP contribution in [0, 0.1) is 0 Å². The first-order valence-electron chi connectivity index (χ1n) is 2.40. The highest BCUT2D eigenvalue weighted by Gasteiger charge is 2.07. The lowest BCUT2D eigenvalue weighted by atomic mass is 10.3. The molecule has 0 spiro atoms. The average Bonchev–Trinajstić information content (AvgIpc) is 2.15. The standard InChI is InChI=1S/C5H4NOP/c1-4-2-8-3-5(4)7-6-1/h1,3H,2H2. The summed E-state index contributed by atoms with van der Waals surface area (Å²) >= 11 is 0. The Hall–Kier alpha value is -0.620. The van der Waals surface area contributed by atoms with Gasteiger partial charge in [0.25, 0.3) is 0 Å². The maximum Gasteiger partial charge on any atom is 0.167 e. The van der Waals surface area contributed by atoms with Crippen LogP contribution in [0.1, 0.15) is 11.3 Å². The molecule has 2 nitrogen and oxygen atoms in total. The van der Waals surface area contributed by atoms with Crippen molar-refractivity contribution in [3.05, 3.63) is 17.5 Å². The summed E-state index contributed by atoms with van der Waals surface area (Å²) in [4.78, 5) is 0. The molecule has 0 amide bonds. The molecule has 0 aliphatic carbocycles. The van der Waals surface area contributed by atoms with E-state index in [-0.39, 0.29) is 0 Å². The highest BCUT2D eigenvalue weighted by Crippen LogP contribution is 2.21. The Labute approximate surface area is 48.3 Å². The molecule has 2 rings (SSSR count). The van der Waals surface area contributed by atoms with Gasteiger partial charge in [-0.2, -0.15) is 0 Å². The van der Waals surface area contributed by atoms with Crippen LogP contribution < -0.4 is 0 Å².